The van der Waals surface area contributed by atoms with E-state index >= 15 is 0 Å². The number of hydrogen-bond donors (Lipinski definition) is 0. The predicted octanol–water partition coefficient (Wildman–Crippen LogP) is 2.84. The van der Waals surface area contributed by atoms with E-state index in [4.69, 9.17) is 13.9 Å². The molecule has 1 atom stereocenters. The fraction of sp³-hybridized carbons (Fsp3) is 0.421. The zero-order valence-electron chi connectivity index (χ0n) is 16.0. The fourth-order valence-corrected chi connectivity index (χ4v) is 3.50. The van der Waals surface area contributed by atoms with Crippen LogP contribution in [0.3, 0.4) is 0 Å². The molecule has 0 spiro atoms. The van der Waals surface area contributed by atoms with Crippen molar-refractivity contribution in [2.45, 2.75) is 33.0 Å². The number of fused-ring (bicyclic) bond motifs is 1. The molecular weight excluding hydrogens is 346 g/mol. The molecule has 1 unspecified atom stereocenters. The SMILES string of the molecule is COc1ccc(CN2CCn3c(-c4coc(C)n4)nnc3C2C)c(OC)c1. The summed E-state index contributed by atoms with van der Waals surface area (Å²) in [5, 5.41) is 8.78. The van der Waals surface area contributed by atoms with Gasteiger partial charge in [-0.1, -0.05) is 6.07 Å². The molecule has 1 aliphatic heterocycles. The van der Waals surface area contributed by atoms with E-state index in [0.29, 0.717) is 5.89 Å². The molecule has 4 rings (SSSR count). The van der Waals surface area contributed by atoms with Gasteiger partial charge in [0, 0.05) is 38.2 Å². The predicted molar refractivity (Wildman–Crippen MR) is 98.6 cm³/mol. The molecule has 1 aliphatic rings. The summed E-state index contributed by atoms with van der Waals surface area (Å²) < 4.78 is 18.3. The van der Waals surface area contributed by atoms with Gasteiger partial charge in [0.05, 0.1) is 20.3 Å². The molecule has 27 heavy (non-hydrogen) atoms. The first-order chi connectivity index (χ1) is 13.1. The molecule has 2 aromatic heterocycles. The molecule has 0 aliphatic carbocycles. The van der Waals surface area contributed by atoms with Crippen molar-refractivity contribution in [3.8, 4) is 23.0 Å². The molecule has 3 aromatic rings. The smallest absolute Gasteiger partial charge is 0.191 e. The van der Waals surface area contributed by atoms with Gasteiger partial charge in [-0.15, -0.1) is 10.2 Å². The highest BCUT2D eigenvalue weighted by atomic mass is 16.5. The minimum atomic E-state index is 0.125. The van der Waals surface area contributed by atoms with Gasteiger partial charge >= 0.3 is 0 Å². The van der Waals surface area contributed by atoms with E-state index < -0.39 is 0 Å². The van der Waals surface area contributed by atoms with Crippen molar-refractivity contribution in [3.63, 3.8) is 0 Å². The molecule has 0 amide bonds. The Morgan fingerprint density at radius 3 is 2.74 bits per heavy atom. The number of hydrogen-bond acceptors (Lipinski definition) is 7. The number of ether oxygens (including phenoxy) is 2. The molecule has 142 valence electrons. The third-order valence-electron chi connectivity index (χ3n) is 5.03. The summed E-state index contributed by atoms with van der Waals surface area (Å²) in [4.78, 5) is 6.75. The third kappa shape index (κ3) is 3.16. The van der Waals surface area contributed by atoms with Gasteiger partial charge in [-0.25, -0.2) is 4.98 Å². The van der Waals surface area contributed by atoms with E-state index in [1.165, 1.54) is 0 Å². The van der Waals surface area contributed by atoms with Crippen LogP contribution in [0.2, 0.25) is 0 Å². The summed E-state index contributed by atoms with van der Waals surface area (Å²) in [5.74, 6) is 3.93. The van der Waals surface area contributed by atoms with Crippen molar-refractivity contribution < 1.29 is 13.9 Å². The highest BCUT2D eigenvalue weighted by molar-refractivity contribution is 5.48. The minimum absolute atomic E-state index is 0.125. The average Bonchev–Trinajstić information content (AvgIpc) is 3.30. The Morgan fingerprint density at radius 1 is 1.19 bits per heavy atom. The van der Waals surface area contributed by atoms with Crippen LogP contribution in [0.1, 0.15) is 30.2 Å². The van der Waals surface area contributed by atoms with Crippen LogP contribution in [0.15, 0.2) is 28.9 Å². The lowest BCUT2D eigenvalue weighted by molar-refractivity contribution is 0.155. The maximum Gasteiger partial charge on any atom is 0.191 e. The molecule has 0 radical (unpaired) electrons. The number of benzene rings is 1. The topological polar surface area (TPSA) is 78.4 Å². The number of aryl methyl sites for hydroxylation is 1. The molecule has 0 bridgehead atoms. The van der Waals surface area contributed by atoms with Crippen LogP contribution >= 0.6 is 0 Å². The van der Waals surface area contributed by atoms with Crippen LogP contribution in [0.25, 0.3) is 11.5 Å². The second kappa shape index (κ2) is 7.03. The summed E-state index contributed by atoms with van der Waals surface area (Å²) in [6, 6.07) is 6.05. The molecule has 0 saturated carbocycles. The Balaban J connectivity index is 1.58. The van der Waals surface area contributed by atoms with Gasteiger partial charge in [0.15, 0.2) is 17.5 Å². The first kappa shape index (κ1) is 17.5. The zero-order chi connectivity index (χ0) is 19.0. The van der Waals surface area contributed by atoms with Crippen LogP contribution in [-0.4, -0.2) is 45.4 Å². The third-order valence-corrected chi connectivity index (χ3v) is 5.03. The lowest BCUT2D eigenvalue weighted by Crippen LogP contribution is -2.36. The molecule has 8 heteroatoms. The van der Waals surface area contributed by atoms with Gasteiger partial charge in [-0.2, -0.15) is 0 Å². The molecule has 0 saturated heterocycles. The van der Waals surface area contributed by atoms with Crippen molar-refractivity contribution >= 4 is 0 Å². The van der Waals surface area contributed by atoms with E-state index in [9.17, 15) is 0 Å². The van der Waals surface area contributed by atoms with Crippen LogP contribution in [-0.2, 0) is 13.1 Å². The highest BCUT2D eigenvalue weighted by Gasteiger charge is 2.29. The van der Waals surface area contributed by atoms with Gasteiger partial charge in [0.2, 0.25) is 0 Å². The largest absolute Gasteiger partial charge is 0.497 e. The van der Waals surface area contributed by atoms with Crippen molar-refractivity contribution in [2.24, 2.45) is 0 Å². The first-order valence-corrected chi connectivity index (χ1v) is 8.91. The molecule has 0 N–H and O–H groups in total. The highest BCUT2D eigenvalue weighted by Crippen LogP contribution is 2.32. The second-order valence-corrected chi connectivity index (χ2v) is 6.61. The minimum Gasteiger partial charge on any atom is -0.497 e. The van der Waals surface area contributed by atoms with Crippen LogP contribution in [0.5, 0.6) is 11.5 Å². The monoisotopic (exact) mass is 369 g/mol. The van der Waals surface area contributed by atoms with Crippen LogP contribution < -0.4 is 9.47 Å². The summed E-state index contributed by atoms with van der Waals surface area (Å²) in [7, 11) is 3.34. The van der Waals surface area contributed by atoms with E-state index in [1.807, 2.05) is 25.1 Å². The summed E-state index contributed by atoms with van der Waals surface area (Å²) in [6.07, 6.45) is 1.63. The Hall–Kier alpha value is -2.87. The lowest BCUT2D eigenvalue weighted by Gasteiger charge is -2.33. The first-order valence-electron chi connectivity index (χ1n) is 8.91. The number of nitrogens with zero attached hydrogens (tertiary/aromatic N) is 5. The lowest BCUT2D eigenvalue weighted by atomic mass is 10.1. The molecule has 1 aromatic carbocycles. The van der Waals surface area contributed by atoms with Crippen molar-refractivity contribution in [1.82, 2.24) is 24.6 Å². The van der Waals surface area contributed by atoms with E-state index in [-0.39, 0.29) is 6.04 Å². The maximum absolute atomic E-state index is 5.54. The summed E-state index contributed by atoms with van der Waals surface area (Å²) >= 11 is 0. The van der Waals surface area contributed by atoms with Gasteiger partial charge in [0.1, 0.15) is 23.5 Å². The number of oxazole rings is 1. The van der Waals surface area contributed by atoms with Gasteiger partial charge in [-0.3, -0.25) is 4.90 Å². The van der Waals surface area contributed by atoms with E-state index in [1.54, 1.807) is 20.5 Å². The molecule has 0 fully saturated rings. The molecular formula is C19H23N5O3. The number of rotatable bonds is 5. The van der Waals surface area contributed by atoms with Gasteiger partial charge in [-0.05, 0) is 13.0 Å². The van der Waals surface area contributed by atoms with Crippen molar-refractivity contribution in [1.29, 1.82) is 0 Å². The standard InChI is InChI=1S/C19H23N5O3/c1-12-18-21-22-19(16-11-27-13(2)20-16)24(18)8-7-23(12)10-14-5-6-15(25-3)9-17(14)26-4/h5-6,9,11-12H,7-8,10H2,1-4H3. The summed E-state index contributed by atoms with van der Waals surface area (Å²) in [5.41, 5.74) is 1.84. The Labute approximate surface area is 157 Å². The van der Waals surface area contributed by atoms with Crippen molar-refractivity contribution in [2.75, 3.05) is 20.8 Å². The van der Waals surface area contributed by atoms with E-state index in [2.05, 4.69) is 31.6 Å². The Bertz CT molecular complexity index is 949. The Kier molecular flexibility index (Phi) is 4.57. The summed E-state index contributed by atoms with van der Waals surface area (Å²) in [6.45, 7) is 6.41. The molecule has 8 nitrogen and oxygen atoms in total. The van der Waals surface area contributed by atoms with Gasteiger partial charge in [0.25, 0.3) is 0 Å². The zero-order valence-corrected chi connectivity index (χ0v) is 16.0. The van der Waals surface area contributed by atoms with E-state index in [0.717, 1.165) is 54.0 Å². The maximum atomic E-state index is 5.54. The quantitative estimate of drug-likeness (QED) is 0.684. The van der Waals surface area contributed by atoms with Crippen LogP contribution in [0.4, 0.5) is 0 Å². The second-order valence-electron chi connectivity index (χ2n) is 6.61. The molecule has 3 heterocycles. The average molecular weight is 369 g/mol. The number of methoxy groups -OCH3 is 2. The fourth-order valence-electron chi connectivity index (χ4n) is 3.50. The Morgan fingerprint density at radius 2 is 2.04 bits per heavy atom. The van der Waals surface area contributed by atoms with Crippen molar-refractivity contribution in [3.05, 3.63) is 41.7 Å². The normalized spacial score (nSPS) is 17.0. The van der Waals surface area contributed by atoms with Gasteiger partial charge < -0.3 is 18.5 Å². The van der Waals surface area contributed by atoms with Crippen LogP contribution in [0, 0.1) is 6.92 Å². The number of aromatic nitrogens is 4.